The van der Waals surface area contributed by atoms with Gasteiger partial charge in [0.05, 0.1) is 5.69 Å². The molecule has 0 unspecified atom stereocenters. The van der Waals surface area contributed by atoms with Crippen molar-refractivity contribution in [3.63, 3.8) is 0 Å². The molecule has 1 N–H and O–H groups in total. The molecule has 1 heterocycles. The Morgan fingerprint density at radius 3 is 2.36 bits per heavy atom. The van der Waals surface area contributed by atoms with Gasteiger partial charge in [-0.2, -0.15) is 0 Å². The van der Waals surface area contributed by atoms with Crippen LogP contribution in [0.1, 0.15) is 50.6 Å². The highest BCUT2D eigenvalue weighted by Crippen LogP contribution is 2.61. The van der Waals surface area contributed by atoms with E-state index in [4.69, 9.17) is 0 Å². The predicted molar refractivity (Wildman–Crippen MR) is 95.5 cm³/mol. The lowest BCUT2D eigenvalue weighted by molar-refractivity contribution is -0.124. The van der Waals surface area contributed by atoms with Crippen molar-refractivity contribution in [1.82, 2.24) is 4.98 Å². The number of nitrogens with one attached hydrogen (secondary N) is 1. The summed E-state index contributed by atoms with van der Waals surface area (Å²) in [6, 6.07) is 3.93. The topological polar surface area (TPSA) is 42.0 Å². The molecule has 118 valence electrons. The molecule has 0 atom stereocenters. The molecule has 1 amide bonds. The molecule has 0 aromatic carbocycles. The number of aryl methyl sites for hydroxylation is 1. The van der Waals surface area contributed by atoms with Crippen LogP contribution in [0.2, 0.25) is 0 Å². The maximum atomic E-state index is 12.5. The van der Waals surface area contributed by atoms with Crippen molar-refractivity contribution < 1.29 is 4.79 Å². The zero-order valence-corrected chi connectivity index (χ0v) is 15.2. The minimum absolute atomic E-state index is 0.162. The van der Waals surface area contributed by atoms with Gasteiger partial charge in [-0.05, 0) is 103 Å². The molecule has 4 saturated carbocycles. The number of anilines is 1. The van der Waals surface area contributed by atoms with Gasteiger partial charge in [0, 0.05) is 9.99 Å². The normalized spacial score (nSPS) is 35.6. The van der Waals surface area contributed by atoms with Crippen LogP contribution >= 0.6 is 22.6 Å². The van der Waals surface area contributed by atoms with Crippen molar-refractivity contribution in [3.8, 4) is 0 Å². The first-order chi connectivity index (χ1) is 10.5. The maximum absolute atomic E-state index is 12.5. The number of carbonyl (C=O) groups excluding carboxylic acids is 1. The highest BCUT2D eigenvalue weighted by atomic mass is 127. The van der Waals surface area contributed by atoms with Gasteiger partial charge in [-0.3, -0.25) is 4.79 Å². The number of halogens is 1. The Bertz CT molecular complexity index is 578. The van der Waals surface area contributed by atoms with E-state index in [1.165, 1.54) is 38.5 Å². The highest BCUT2D eigenvalue weighted by Gasteiger charge is 2.51. The van der Waals surface area contributed by atoms with Gasteiger partial charge in [-0.15, -0.1) is 0 Å². The standard InChI is InChI=1S/C18H23IN2O/c1-11-15(19)2-3-16(20-11)21-17(22)10-18-7-12-4-13(8-18)6-14(5-12)9-18/h2-3,12-14H,4-10H2,1H3,(H,20,21,22). The van der Waals surface area contributed by atoms with E-state index in [0.29, 0.717) is 17.7 Å². The van der Waals surface area contributed by atoms with Crippen molar-refractivity contribution in [2.75, 3.05) is 5.32 Å². The third kappa shape index (κ3) is 2.79. The Balaban J connectivity index is 1.44. The van der Waals surface area contributed by atoms with Crippen LogP contribution in [0.3, 0.4) is 0 Å². The minimum atomic E-state index is 0.162. The minimum Gasteiger partial charge on any atom is -0.311 e. The average Bonchev–Trinajstić information content (AvgIpc) is 2.40. The van der Waals surface area contributed by atoms with Gasteiger partial charge in [-0.25, -0.2) is 4.98 Å². The first-order valence-electron chi connectivity index (χ1n) is 8.44. The number of nitrogens with zero attached hydrogens (tertiary/aromatic N) is 1. The second-order valence-corrected chi connectivity index (χ2v) is 9.07. The molecular weight excluding hydrogens is 387 g/mol. The van der Waals surface area contributed by atoms with Gasteiger partial charge in [0.15, 0.2) is 0 Å². The molecule has 4 fully saturated rings. The average molecular weight is 410 g/mol. The van der Waals surface area contributed by atoms with Crippen LogP contribution in [0.15, 0.2) is 12.1 Å². The van der Waals surface area contributed by atoms with E-state index in [-0.39, 0.29) is 5.91 Å². The van der Waals surface area contributed by atoms with Crippen LogP contribution in [-0.2, 0) is 4.79 Å². The maximum Gasteiger partial charge on any atom is 0.226 e. The van der Waals surface area contributed by atoms with E-state index < -0.39 is 0 Å². The van der Waals surface area contributed by atoms with Gasteiger partial charge in [0.1, 0.15) is 5.82 Å². The molecule has 1 aromatic heterocycles. The van der Waals surface area contributed by atoms with Gasteiger partial charge >= 0.3 is 0 Å². The fourth-order valence-corrected chi connectivity index (χ4v) is 5.95. The summed E-state index contributed by atoms with van der Waals surface area (Å²) in [6.07, 6.45) is 8.84. The molecule has 0 saturated heterocycles. The third-order valence-electron chi connectivity index (χ3n) is 5.99. The smallest absolute Gasteiger partial charge is 0.226 e. The highest BCUT2D eigenvalue weighted by molar-refractivity contribution is 14.1. The number of rotatable bonds is 3. The number of pyridine rings is 1. The zero-order chi connectivity index (χ0) is 15.3. The fourth-order valence-electron chi connectivity index (χ4n) is 5.65. The summed E-state index contributed by atoms with van der Waals surface area (Å²) >= 11 is 2.27. The summed E-state index contributed by atoms with van der Waals surface area (Å²) in [7, 11) is 0. The molecular formula is C18H23IN2O. The SMILES string of the molecule is Cc1nc(NC(=O)CC23CC4CC(CC(C4)C2)C3)ccc1I. The molecule has 0 aliphatic heterocycles. The predicted octanol–water partition coefficient (Wildman–Crippen LogP) is 4.54. The lowest BCUT2D eigenvalue weighted by Gasteiger charge is -2.56. The Hall–Kier alpha value is -0.650. The van der Waals surface area contributed by atoms with E-state index in [1.54, 1.807) is 0 Å². The molecule has 3 nitrogen and oxygen atoms in total. The molecule has 4 bridgehead atoms. The molecule has 4 heteroatoms. The zero-order valence-electron chi connectivity index (χ0n) is 13.1. The Kier molecular flexibility index (Phi) is 3.70. The lowest BCUT2D eigenvalue weighted by Crippen LogP contribution is -2.47. The van der Waals surface area contributed by atoms with E-state index >= 15 is 0 Å². The number of amides is 1. The lowest BCUT2D eigenvalue weighted by atomic mass is 9.49. The van der Waals surface area contributed by atoms with E-state index in [2.05, 4.69) is 32.9 Å². The second kappa shape index (κ2) is 5.46. The summed E-state index contributed by atoms with van der Waals surface area (Å²) in [5.74, 6) is 3.57. The molecule has 0 radical (unpaired) electrons. The van der Waals surface area contributed by atoms with E-state index in [0.717, 1.165) is 27.0 Å². The Labute approximate surface area is 145 Å². The number of hydrogen-bond acceptors (Lipinski definition) is 2. The molecule has 1 aromatic rings. The molecule has 4 aliphatic rings. The van der Waals surface area contributed by atoms with Crippen molar-refractivity contribution in [2.45, 2.75) is 51.9 Å². The first kappa shape index (κ1) is 14.9. The van der Waals surface area contributed by atoms with Crippen molar-refractivity contribution in [2.24, 2.45) is 23.2 Å². The van der Waals surface area contributed by atoms with Gasteiger partial charge in [0.25, 0.3) is 0 Å². The van der Waals surface area contributed by atoms with Gasteiger partial charge in [-0.1, -0.05) is 0 Å². The van der Waals surface area contributed by atoms with Crippen molar-refractivity contribution in [1.29, 1.82) is 0 Å². The quantitative estimate of drug-likeness (QED) is 0.744. The van der Waals surface area contributed by atoms with Crippen LogP contribution in [0.4, 0.5) is 5.82 Å². The van der Waals surface area contributed by atoms with Crippen LogP contribution in [0.25, 0.3) is 0 Å². The summed E-state index contributed by atoms with van der Waals surface area (Å²) in [4.78, 5) is 17.0. The third-order valence-corrected chi connectivity index (χ3v) is 7.13. The Morgan fingerprint density at radius 2 is 1.82 bits per heavy atom. The first-order valence-corrected chi connectivity index (χ1v) is 9.52. The van der Waals surface area contributed by atoms with Crippen LogP contribution < -0.4 is 5.32 Å². The number of aromatic nitrogens is 1. The summed E-state index contributed by atoms with van der Waals surface area (Å²) in [5.41, 5.74) is 1.28. The fraction of sp³-hybridized carbons (Fsp3) is 0.667. The largest absolute Gasteiger partial charge is 0.311 e. The monoisotopic (exact) mass is 410 g/mol. The van der Waals surface area contributed by atoms with E-state index in [9.17, 15) is 4.79 Å². The van der Waals surface area contributed by atoms with Gasteiger partial charge in [0.2, 0.25) is 5.91 Å². The van der Waals surface area contributed by atoms with E-state index in [1.807, 2.05) is 19.1 Å². The van der Waals surface area contributed by atoms with Crippen LogP contribution in [-0.4, -0.2) is 10.9 Å². The summed E-state index contributed by atoms with van der Waals surface area (Å²) in [5, 5.41) is 3.03. The van der Waals surface area contributed by atoms with Crippen molar-refractivity contribution >= 4 is 34.3 Å². The summed E-state index contributed by atoms with van der Waals surface area (Å²) < 4.78 is 1.14. The van der Waals surface area contributed by atoms with Crippen LogP contribution in [0.5, 0.6) is 0 Å². The molecule has 0 spiro atoms. The Morgan fingerprint density at radius 1 is 1.23 bits per heavy atom. The molecule has 4 aliphatic carbocycles. The summed E-state index contributed by atoms with van der Waals surface area (Å²) in [6.45, 7) is 1.98. The van der Waals surface area contributed by atoms with Crippen LogP contribution in [0, 0.1) is 33.7 Å². The van der Waals surface area contributed by atoms with Gasteiger partial charge < -0.3 is 5.32 Å². The van der Waals surface area contributed by atoms with Crippen molar-refractivity contribution in [3.05, 3.63) is 21.4 Å². The second-order valence-electron chi connectivity index (χ2n) is 7.91. The molecule has 22 heavy (non-hydrogen) atoms. The number of carbonyl (C=O) groups is 1. The number of hydrogen-bond donors (Lipinski definition) is 1. The molecule has 5 rings (SSSR count).